The highest BCUT2D eigenvalue weighted by atomic mass is 16.5. The van der Waals surface area contributed by atoms with Crippen LogP contribution in [-0.4, -0.2) is 5.97 Å². The Bertz CT molecular complexity index is 560. The summed E-state index contributed by atoms with van der Waals surface area (Å²) < 4.78 is 11.1. The standard InChI is InChI=1S/C15H16O3/c1-9-4-3-5-11-7-13(18-15(11)16)14-10(2)8-17-12(14)6-9/h4,7-8,13H,3,5-6H2,1-2H3/b9-4-/t13-/m1/s1. The van der Waals surface area contributed by atoms with Crippen LogP contribution in [0.5, 0.6) is 0 Å². The molecule has 0 radical (unpaired) electrons. The first-order valence-corrected chi connectivity index (χ1v) is 6.29. The van der Waals surface area contributed by atoms with E-state index in [0.717, 1.165) is 41.7 Å². The van der Waals surface area contributed by atoms with Crippen LogP contribution >= 0.6 is 0 Å². The molecule has 1 aromatic heterocycles. The number of rotatable bonds is 0. The highest BCUT2D eigenvalue weighted by Gasteiger charge is 2.30. The van der Waals surface area contributed by atoms with Gasteiger partial charge >= 0.3 is 5.97 Å². The lowest BCUT2D eigenvalue weighted by atomic mass is 9.98. The van der Waals surface area contributed by atoms with Gasteiger partial charge in [-0.25, -0.2) is 4.79 Å². The summed E-state index contributed by atoms with van der Waals surface area (Å²) in [6.45, 7) is 4.09. The molecule has 1 aliphatic heterocycles. The number of esters is 1. The molecule has 2 heterocycles. The molecule has 0 aromatic carbocycles. The second kappa shape index (κ2) is 4.16. The van der Waals surface area contributed by atoms with Crippen molar-refractivity contribution in [1.29, 1.82) is 0 Å². The van der Waals surface area contributed by atoms with Crippen molar-refractivity contribution in [3.63, 3.8) is 0 Å². The number of carbonyl (C=O) groups is 1. The number of allylic oxidation sites excluding steroid dienone is 2. The van der Waals surface area contributed by atoms with Gasteiger partial charge in [-0.15, -0.1) is 0 Å². The Morgan fingerprint density at radius 3 is 3.00 bits per heavy atom. The van der Waals surface area contributed by atoms with Gasteiger partial charge in [-0.05, 0) is 38.3 Å². The zero-order chi connectivity index (χ0) is 12.7. The van der Waals surface area contributed by atoms with Crippen LogP contribution in [0, 0.1) is 6.92 Å². The van der Waals surface area contributed by atoms with Crippen molar-refractivity contribution in [2.24, 2.45) is 0 Å². The molecule has 3 nitrogen and oxygen atoms in total. The monoisotopic (exact) mass is 244 g/mol. The zero-order valence-corrected chi connectivity index (χ0v) is 10.7. The highest BCUT2D eigenvalue weighted by molar-refractivity contribution is 5.91. The summed E-state index contributed by atoms with van der Waals surface area (Å²) in [6.07, 6.45) is 8.04. The summed E-state index contributed by atoms with van der Waals surface area (Å²) in [4.78, 5) is 11.8. The van der Waals surface area contributed by atoms with Gasteiger partial charge in [-0.2, -0.15) is 0 Å². The van der Waals surface area contributed by atoms with Crippen LogP contribution in [-0.2, 0) is 16.0 Å². The molecule has 0 N–H and O–H groups in total. The van der Waals surface area contributed by atoms with Gasteiger partial charge in [0.1, 0.15) is 11.9 Å². The van der Waals surface area contributed by atoms with Gasteiger partial charge in [0, 0.05) is 17.6 Å². The van der Waals surface area contributed by atoms with Crippen LogP contribution in [0.4, 0.5) is 0 Å². The van der Waals surface area contributed by atoms with E-state index in [-0.39, 0.29) is 12.1 Å². The maximum atomic E-state index is 11.8. The SMILES string of the molecule is C/C1=C/CCC2=C[C@@H](OC2=O)c2c(C)coc2C1. The normalized spacial score (nSPS) is 25.9. The number of hydrogen-bond donors (Lipinski definition) is 0. The first-order chi connectivity index (χ1) is 8.65. The fourth-order valence-corrected chi connectivity index (χ4v) is 2.63. The number of ether oxygens (including phenoxy) is 1. The molecule has 1 aromatic rings. The summed E-state index contributed by atoms with van der Waals surface area (Å²) in [7, 11) is 0. The molecule has 0 fully saturated rings. The fraction of sp³-hybridized carbons (Fsp3) is 0.400. The van der Waals surface area contributed by atoms with Gasteiger partial charge in [0.05, 0.1) is 6.26 Å². The largest absolute Gasteiger partial charge is 0.468 e. The number of carbonyl (C=O) groups excluding carboxylic acids is 1. The van der Waals surface area contributed by atoms with Crippen molar-refractivity contribution >= 4 is 5.97 Å². The summed E-state index contributed by atoms with van der Waals surface area (Å²) >= 11 is 0. The molecular weight excluding hydrogens is 228 g/mol. The lowest BCUT2D eigenvalue weighted by molar-refractivity contribution is -0.140. The van der Waals surface area contributed by atoms with Gasteiger partial charge in [-0.3, -0.25) is 0 Å². The van der Waals surface area contributed by atoms with E-state index in [1.807, 2.05) is 13.0 Å². The third-order valence-corrected chi connectivity index (χ3v) is 3.58. The Morgan fingerprint density at radius 1 is 1.33 bits per heavy atom. The van der Waals surface area contributed by atoms with Crippen LogP contribution in [0.1, 0.15) is 42.8 Å². The van der Waals surface area contributed by atoms with Gasteiger partial charge in [0.25, 0.3) is 0 Å². The zero-order valence-electron chi connectivity index (χ0n) is 10.7. The number of fused-ring (bicyclic) bond motifs is 3. The summed E-state index contributed by atoms with van der Waals surface area (Å²) in [5.74, 6) is 0.734. The molecule has 18 heavy (non-hydrogen) atoms. The third-order valence-electron chi connectivity index (χ3n) is 3.58. The van der Waals surface area contributed by atoms with E-state index in [9.17, 15) is 4.79 Å². The molecule has 3 heteroatoms. The quantitative estimate of drug-likeness (QED) is 0.518. The Balaban J connectivity index is 2.10. The van der Waals surface area contributed by atoms with E-state index >= 15 is 0 Å². The fourth-order valence-electron chi connectivity index (χ4n) is 2.63. The third kappa shape index (κ3) is 1.80. The Labute approximate surface area is 106 Å². The molecule has 0 amide bonds. The van der Waals surface area contributed by atoms with Crippen molar-refractivity contribution in [2.45, 2.75) is 39.2 Å². The van der Waals surface area contributed by atoms with Gasteiger partial charge in [-0.1, -0.05) is 11.6 Å². The Hall–Kier alpha value is -1.77. The lowest BCUT2D eigenvalue weighted by Crippen LogP contribution is -2.04. The molecule has 0 unspecified atom stereocenters. The minimum atomic E-state index is -0.257. The molecule has 0 saturated heterocycles. The molecule has 3 rings (SSSR count). The maximum Gasteiger partial charge on any atom is 0.334 e. The molecule has 0 saturated carbocycles. The summed E-state index contributed by atoms with van der Waals surface area (Å²) in [5, 5.41) is 0. The molecule has 2 aliphatic rings. The van der Waals surface area contributed by atoms with Crippen LogP contribution < -0.4 is 0 Å². The minimum Gasteiger partial charge on any atom is -0.468 e. The number of furan rings is 1. The van der Waals surface area contributed by atoms with Crippen LogP contribution in [0.3, 0.4) is 0 Å². The number of hydrogen-bond acceptors (Lipinski definition) is 3. The molecule has 1 atom stereocenters. The Kier molecular flexibility index (Phi) is 2.62. The van der Waals surface area contributed by atoms with Crippen LogP contribution in [0.25, 0.3) is 0 Å². The average Bonchev–Trinajstić information content (AvgIpc) is 2.83. The molecule has 0 spiro atoms. The highest BCUT2D eigenvalue weighted by Crippen LogP contribution is 2.36. The van der Waals surface area contributed by atoms with E-state index in [0.29, 0.717) is 0 Å². The van der Waals surface area contributed by atoms with E-state index in [2.05, 4.69) is 13.0 Å². The van der Waals surface area contributed by atoms with E-state index in [1.54, 1.807) is 6.26 Å². The first-order valence-electron chi connectivity index (χ1n) is 6.29. The number of aryl methyl sites for hydroxylation is 1. The van der Waals surface area contributed by atoms with Crippen molar-refractivity contribution in [3.8, 4) is 0 Å². The maximum absolute atomic E-state index is 11.8. The molecule has 1 aliphatic carbocycles. The van der Waals surface area contributed by atoms with E-state index in [1.165, 1.54) is 5.57 Å². The van der Waals surface area contributed by atoms with Crippen molar-refractivity contribution in [2.75, 3.05) is 0 Å². The topological polar surface area (TPSA) is 39.4 Å². The second-order valence-electron chi connectivity index (χ2n) is 5.04. The van der Waals surface area contributed by atoms with Crippen LogP contribution in [0.15, 0.2) is 34.0 Å². The lowest BCUT2D eigenvalue weighted by Gasteiger charge is -2.10. The summed E-state index contributed by atoms with van der Waals surface area (Å²) in [5.41, 5.74) is 4.14. The van der Waals surface area contributed by atoms with Crippen LogP contribution in [0.2, 0.25) is 0 Å². The van der Waals surface area contributed by atoms with Crippen molar-refractivity contribution < 1.29 is 13.9 Å². The molecular formula is C15H16O3. The first kappa shape index (κ1) is 11.3. The second-order valence-corrected chi connectivity index (χ2v) is 5.04. The predicted octanol–water partition coefficient (Wildman–Crippen LogP) is 3.39. The molecule has 2 bridgehead atoms. The van der Waals surface area contributed by atoms with E-state index < -0.39 is 0 Å². The average molecular weight is 244 g/mol. The van der Waals surface area contributed by atoms with Gasteiger partial charge in [0.2, 0.25) is 0 Å². The summed E-state index contributed by atoms with van der Waals surface area (Å²) in [6, 6.07) is 0. The Morgan fingerprint density at radius 2 is 2.17 bits per heavy atom. The van der Waals surface area contributed by atoms with Gasteiger partial charge < -0.3 is 9.15 Å². The molecule has 94 valence electrons. The van der Waals surface area contributed by atoms with Crippen molar-refractivity contribution in [3.05, 3.63) is 46.4 Å². The van der Waals surface area contributed by atoms with Crippen molar-refractivity contribution in [1.82, 2.24) is 0 Å². The minimum absolute atomic E-state index is 0.181. The predicted molar refractivity (Wildman–Crippen MR) is 67.1 cm³/mol. The smallest absolute Gasteiger partial charge is 0.334 e. The van der Waals surface area contributed by atoms with E-state index in [4.69, 9.17) is 9.15 Å². The van der Waals surface area contributed by atoms with Gasteiger partial charge in [0.15, 0.2) is 0 Å².